The lowest BCUT2D eigenvalue weighted by molar-refractivity contribution is -0.141. The number of hydrogen-bond donors (Lipinski definition) is 3. The van der Waals surface area contributed by atoms with Gasteiger partial charge in [-0.3, -0.25) is 4.79 Å². The maximum absolute atomic E-state index is 10.9. The standard InChI is InChI=1S/C13H15NO3/c1-8-5-9-3-4-10(14-2)6-11(9)13(8,17)7-12(15)16/h3-6,14,17H,7H2,1-2H3,(H,15,16). The molecule has 0 heterocycles. The third-order valence-electron chi connectivity index (χ3n) is 3.22. The van der Waals surface area contributed by atoms with Gasteiger partial charge in [-0.25, -0.2) is 0 Å². The van der Waals surface area contributed by atoms with Crippen LogP contribution in [-0.2, 0) is 10.4 Å². The second kappa shape index (κ2) is 3.89. The third-order valence-corrected chi connectivity index (χ3v) is 3.22. The van der Waals surface area contributed by atoms with Gasteiger partial charge in [0.05, 0.1) is 6.42 Å². The Balaban J connectivity index is 2.51. The molecule has 0 aromatic heterocycles. The van der Waals surface area contributed by atoms with Crippen LogP contribution in [0.2, 0.25) is 0 Å². The summed E-state index contributed by atoms with van der Waals surface area (Å²) in [6.45, 7) is 1.75. The summed E-state index contributed by atoms with van der Waals surface area (Å²) in [5, 5.41) is 22.4. The van der Waals surface area contributed by atoms with Crippen molar-refractivity contribution in [2.75, 3.05) is 12.4 Å². The van der Waals surface area contributed by atoms with Gasteiger partial charge in [0.15, 0.2) is 0 Å². The number of hydrogen-bond acceptors (Lipinski definition) is 3. The van der Waals surface area contributed by atoms with Crippen LogP contribution in [0.4, 0.5) is 5.69 Å². The lowest BCUT2D eigenvalue weighted by atomic mass is 9.87. The first-order valence-corrected chi connectivity index (χ1v) is 5.42. The first kappa shape index (κ1) is 11.7. The molecule has 0 saturated heterocycles. The van der Waals surface area contributed by atoms with Crippen LogP contribution in [0.25, 0.3) is 6.08 Å². The van der Waals surface area contributed by atoms with Gasteiger partial charge in [-0.05, 0) is 35.8 Å². The normalized spacial score (nSPS) is 21.9. The van der Waals surface area contributed by atoms with Gasteiger partial charge in [-0.1, -0.05) is 12.1 Å². The van der Waals surface area contributed by atoms with E-state index in [0.717, 1.165) is 11.3 Å². The average molecular weight is 233 g/mol. The maximum Gasteiger partial charge on any atom is 0.306 e. The molecule has 1 aliphatic carbocycles. The van der Waals surface area contributed by atoms with Crippen LogP contribution in [0.15, 0.2) is 23.8 Å². The molecule has 1 aromatic rings. The van der Waals surface area contributed by atoms with Gasteiger partial charge in [0.1, 0.15) is 5.60 Å². The van der Waals surface area contributed by atoms with Crippen LogP contribution in [0.3, 0.4) is 0 Å². The monoisotopic (exact) mass is 233 g/mol. The number of aliphatic hydroxyl groups is 1. The number of anilines is 1. The van der Waals surface area contributed by atoms with Crippen molar-refractivity contribution in [1.82, 2.24) is 0 Å². The van der Waals surface area contributed by atoms with Gasteiger partial charge in [0.25, 0.3) is 0 Å². The van der Waals surface area contributed by atoms with Crippen LogP contribution in [0, 0.1) is 0 Å². The molecule has 0 amide bonds. The Bertz CT molecular complexity index is 507. The van der Waals surface area contributed by atoms with Gasteiger partial charge < -0.3 is 15.5 Å². The second-order valence-corrected chi connectivity index (χ2v) is 4.31. The molecule has 1 atom stereocenters. The van der Waals surface area contributed by atoms with Crippen molar-refractivity contribution in [1.29, 1.82) is 0 Å². The van der Waals surface area contributed by atoms with E-state index < -0.39 is 11.6 Å². The van der Waals surface area contributed by atoms with Gasteiger partial charge in [0.2, 0.25) is 0 Å². The highest BCUT2D eigenvalue weighted by atomic mass is 16.4. The molecule has 0 saturated carbocycles. The topological polar surface area (TPSA) is 69.6 Å². The summed E-state index contributed by atoms with van der Waals surface area (Å²) in [6, 6.07) is 5.57. The Morgan fingerprint density at radius 3 is 2.76 bits per heavy atom. The maximum atomic E-state index is 10.9. The van der Waals surface area contributed by atoms with Crippen LogP contribution < -0.4 is 5.32 Å². The fourth-order valence-corrected chi connectivity index (χ4v) is 2.21. The molecule has 0 bridgehead atoms. The Kier molecular flexibility index (Phi) is 2.67. The summed E-state index contributed by atoms with van der Waals surface area (Å²) in [4.78, 5) is 10.9. The number of carboxylic acid groups (broad SMARTS) is 1. The van der Waals surface area contributed by atoms with E-state index in [0.29, 0.717) is 11.1 Å². The van der Waals surface area contributed by atoms with Crippen LogP contribution in [0.5, 0.6) is 0 Å². The van der Waals surface area contributed by atoms with E-state index in [-0.39, 0.29) is 6.42 Å². The van der Waals surface area contributed by atoms with Crippen molar-refractivity contribution >= 4 is 17.7 Å². The van der Waals surface area contributed by atoms with E-state index in [1.165, 1.54) is 0 Å². The van der Waals surface area contributed by atoms with Crippen LogP contribution in [-0.4, -0.2) is 23.2 Å². The fraction of sp³-hybridized carbons (Fsp3) is 0.308. The lowest BCUT2D eigenvalue weighted by Crippen LogP contribution is -2.28. The molecule has 90 valence electrons. The van der Waals surface area contributed by atoms with Crippen molar-refractivity contribution in [3.05, 3.63) is 34.9 Å². The van der Waals surface area contributed by atoms with Crippen molar-refractivity contribution in [2.45, 2.75) is 18.9 Å². The second-order valence-electron chi connectivity index (χ2n) is 4.31. The van der Waals surface area contributed by atoms with Crippen LogP contribution in [0.1, 0.15) is 24.5 Å². The Morgan fingerprint density at radius 1 is 1.47 bits per heavy atom. The van der Waals surface area contributed by atoms with Crippen LogP contribution >= 0.6 is 0 Å². The number of carboxylic acids is 1. The van der Waals surface area contributed by atoms with Gasteiger partial charge in [-0.2, -0.15) is 0 Å². The summed E-state index contributed by atoms with van der Waals surface area (Å²) in [6.07, 6.45) is 1.52. The smallest absolute Gasteiger partial charge is 0.306 e. The van der Waals surface area contributed by atoms with E-state index >= 15 is 0 Å². The highest BCUT2D eigenvalue weighted by molar-refractivity contribution is 5.76. The highest BCUT2D eigenvalue weighted by Crippen LogP contribution is 2.43. The molecule has 0 aliphatic heterocycles. The Morgan fingerprint density at radius 2 is 2.18 bits per heavy atom. The molecule has 1 aromatic carbocycles. The SMILES string of the molecule is CNc1ccc2c(c1)C(O)(CC(=O)O)C(C)=C2. The van der Waals surface area contributed by atoms with E-state index in [9.17, 15) is 9.90 Å². The Labute approximate surface area is 99.6 Å². The summed E-state index contributed by atoms with van der Waals surface area (Å²) < 4.78 is 0. The first-order valence-electron chi connectivity index (χ1n) is 5.42. The van der Waals surface area contributed by atoms with Crippen molar-refractivity contribution in [3.8, 4) is 0 Å². The van der Waals surface area contributed by atoms with E-state index in [1.807, 2.05) is 18.2 Å². The molecule has 17 heavy (non-hydrogen) atoms. The minimum absolute atomic E-state index is 0.310. The van der Waals surface area contributed by atoms with Gasteiger partial charge >= 0.3 is 5.97 Å². The van der Waals surface area contributed by atoms with Crippen molar-refractivity contribution < 1.29 is 15.0 Å². The number of benzene rings is 1. The predicted molar refractivity (Wildman–Crippen MR) is 65.8 cm³/mol. The highest BCUT2D eigenvalue weighted by Gasteiger charge is 2.39. The van der Waals surface area contributed by atoms with Gasteiger partial charge in [-0.15, -0.1) is 0 Å². The number of fused-ring (bicyclic) bond motifs is 1. The van der Waals surface area contributed by atoms with E-state index in [1.54, 1.807) is 20.0 Å². The lowest BCUT2D eigenvalue weighted by Gasteiger charge is -2.25. The minimum Gasteiger partial charge on any atom is -0.481 e. The molecule has 4 nitrogen and oxygen atoms in total. The molecule has 0 fully saturated rings. The number of rotatable bonds is 3. The molecular formula is C13H15NO3. The first-order chi connectivity index (χ1) is 7.97. The molecule has 0 radical (unpaired) electrons. The third kappa shape index (κ3) is 1.80. The quantitative estimate of drug-likeness (QED) is 0.744. The summed E-state index contributed by atoms with van der Waals surface area (Å²) in [5.41, 5.74) is 1.68. The fourth-order valence-electron chi connectivity index (χ4n) is 2.21. The summed E-state index contributed by atoms with van der Waals surface area (Å²) in [7, 11) is 1.78. The van der Waals surface area contributed by atoms with E-state index in [2.05, 4.69) is 5.32 Å². The Hall–Kier alpha value is -1.81. The number of aliphatic carboxylic acids is 1. The zero-order valence-corrected chi connectivity index (χ0v) is 9.82. The van der Waals surface area contributed by atoms with Crippen molar-refractivity contribution in [3.63, 3.8) is 0 Å². The zero-order valence-electron chi connectivity index (χ0n) is 9.82. The molecule has 4 heteroatoms. The summed E-state index contributed by atoms with van der Waals surface area (Å²) in [5.74, 6) is -1.01. The molecule has 1 unspecified atom stereocenters. The number of nitrogens with one attached hydrogen (secondary N) is 1. The molecule has 1 aliphatic rings. The predicted octanol–water partition coefficient (Wildman–Crippen LogP) is 1.81. The van der Waals surface area contributed by atoms with Gasteiger partial charge in [0, 0.05) is 12.7 Å². The molecular weight excluding hydrogens is 218 g/mol. The largest absolute Gasteiger partial charge is 0.481 e. The summed E-state index contributed by atoms with van der Waals surface area (Å²) >= 11 is 0. The zero-order chi connectivity index (χ0) is 12.6. The molecule has 2 rings (SSSR count). The number of carbonyl (C=O) groups is 1. The molecule has 3 N–H and O–H groups in total. The van der Waals surface area contributed by atoms with Crippen molar-refractivity contribution in [2.24, 2.45) is 0 Å². The van der Waals surface area contributed by atoms with E-state index in [4.69, 9.17) is 5.11 Å². The minimum atomic E-state index is -1.38. The average Bonchev–Trinajstić information content (AvgIpc) is 2.50. The molecule has 0 spiro atoms.